The van der Waals surface area contributed by atoms with Gasteiger partial charge in [-0.1, -0.05) is 13.8 Å². The second-order valence-corrected chi connectivity index (χ2v) is 4.87. The summed E-state index contributed by atoms with van der Waals surface area (Å²) in [6.07, 6.45) is 0. The van der Waals surface area contributed by atoms with Crippen molar-refractivity contribution in [2.24, 2.45) is 5.73 Å². The maximum Gasteiger partial charge on any atom is 0.291 e. The van der Waals surface area contributed by atoms with Gasteiger partial charge in [-0.05, 0) is 13.8 Å². The van der Waals surface area contributed by atoms with Gasteiger partial charge in [0.2, 0.25) is 5.82 Å². The van der Waals surface area contributed by atoms with Crippen LogP contribution < -0.4 is 11.1 Å². The minimum absolute atomic E-state index is 0.160. The van der Waals surface area contributed by atoms with Gasteiger partial charge < -0.3 is 11.1 Å². The molecule has 6 heteroatoms. The van der Waals surface area contributed by atoms with Crippen LogP contribution >= 0.6 is 0 Å². The van der Waals surface area contributed by atoms with Gasteiger partial charge in [0.15, 0.2) is 0 Å². The number of nitrogens with zero attached hydrogens (tertiary/aromatic N) is 2. The van der Waals surface area contributed by atoms with E-state index in [1.54, 1.807) is 0 Å². The van der Waals surface area contributed by atoms with Gasteiger partial charge in [-0.25, -0.2) is 4.98 Å². The Labute approximate surface area is 95.0 Å². The third-order valence-electron chi connectivity index (χ3n) is 1.96. The molecule has 1 amide bonds. The normalized spacial score (nSPS) is 11.9. The predicted molar refractivity (Wildman–Crippen MR) is 61.1 cm³/mol. The van der Waals surface area contributed by atoms with Gasteiger partial charge in [0.05, 0.1) is 0 Å². The fourth-order valence-corrected chi connectivity index (χ4v) is 1.02. The average Bonchev–Trinajstić information content (AvgIpc) is 2.61. The van der Waals surface area contributed by atoms with E-state index in [2.05, 4.69) is 20.5 Å². The molecule has 0 aliphatic carbocycles. The van der Waals surface area contributed by atoms with E-state index in [-0.39, 0.29) is 17.6 Å². The maximum absolute atomic E-state index is 11.6. The molecule has 0 atom stereocenters. The molecule has 0 fully saturated rings. The van der Waals surface area contributed by atoms with Crippen LogP contribution in [0, 0.1) is 0 Å². The molecule has 0 radical (unpaired) electrons. The van der Waals surface area contributed by atoms with Gasteiger partial charge >= 0.3 is 0 Å². The molecule has 0 bridgehead atoms. The number of nitrogens with two attached hydrogens (primary N) is 1. The number of hydrogen-bond donors (Lipinski definition) is 3. The van der Waals surface area contributed by atoms with E-state index in [4.69, 9.17) is 5.73 Å². The molecule has 0 aliphatic rings. The zero-order valence-electron chi connectivity index (χ0n) is 10.2. The first-order chi connectivity index (χ1) is 7.29. The average molecular weight is 225 g/mol. The highest BCUT2D eigenvalue weighted by atomic mass is 16.2. The Balaban J connectivity index is 2.60. The number of carbonyl (C=O) groups is 1. The summed E-state index contributed by atoms with van der Waals surface area (Å²) in [6, 6.07) is 0. The zero-order valence-corrected chi connectivity index (χ0v) is 10.2. The van der Waals surface area contributed by atoms with Crippen molar-refractivity contribution in [2.75, 3.05) is 6.54 Å². The number of hydrogen-bond acceptors (Lipinski definition) is 4. The summed E-state index contributed by atoms with van der Waals surface area (Å²) in [5, 5.41) is 9.26. The van der Waals surface area contributed by atoms with Crippen molar-refractivity contribution in [3.8, 4) is 0 Å². The number of amides is 1. The number of aromatic amines is 1. The summed E-state index contributed by atoms with van der Waals surface area (Å²) in [7, 11) is 0. The van der Waals surface area contributed by atoms with E-state index >= 15 is 0 Å². The summed E-state index contributed by atoms with van der Waals surface area (Å²) < 4.78 is 0. The summed E-state index contributed by atoms with van der Waals surface area (Å²) in [5.41, 5.74) is 5.31. The minimum Gasteiger partial charge on any atom is -0.347 e. The van der Waals surface area contributed by atoms with E-state index < -0.39 is 5.54 Å². The number of H-pyrrole nitrogens is 1. The van der Waals surface area contributed by atoms with Crippen LogP contribution in [0.25, 0.3) is 0 Å². The highest BCUT2D eigenvalue weighted by molar-refractivity contribution is 5.90. The third-order valence-corrected chi connectivity index (χ3v) is 1.96. The van der Waals surface area contributed by atoms with E-state index in [9.17, 15) is 4.79 Å². The lowest BCUT2D eigenvalue weighted by Crippen LogP contribution is -2.45. The minimum atomic E-state index is -0.438. The lowest BCUT2D eigenvalue weighted by atomic mass is 10.1. The monoisotopic (exact) mass is 225 g/mol. The Morgan fingerprint density at radius 1 is 1.56 bits per heavy atom. The molecule has 0 saturated carbocycles. The van der Waals surface area contributed by atoms with Gasteiger partial charge in [0.25, 0.3) is 5.91 Å². The van der Waals surface area contributed by atoms with Crippen LogP contribution in [0.1, 0.15) is 50.1 Å². The van der Waals surface area contributed by atoms with Crippen LogP contribution in [0.5, 0.6) is 0 Å². The Morgan fingerprint density at radius 2 is 2.19 bits per heavy atom. The first-order valence-electron chi connectivity index (χ1n) is 5.29. The van der Waals surface area contributed by atoms with Crippen molar-refractivity contribution in [1.29, 1.82) is 0 Å². The van der Waals surface area contributed by atoms with Crippen molar-refractivity contribution >= 4 is 5.91 Å². The molecule has 1 heterocycles. The van der Waals surface area contributed by atoms with Crippen molar-refractivity contribution in [1.82, 2.24) is 20.5 Å². The van der Waals surface area contributed by atoms with E-state index in [1.165, 1.54) is 0 Å². The topological polar surface area (TPSA) is 96.7 Å². The van der Waals surface area contributed by atoms with Gasteiger partial charge in [-0.15, -0.1) is 5.10 Å². The number of rotatable bonds is 4. The Kier molecular flexibility index (Phi) is 3.64. The van der Waals surface area contributed by atoms with Crippen molar-refractivity contribution in [2.45, 2.75) is 39.2 Å². The van der Waals surface area contributed by atoms with E-state index in [0.717, 1.165) is 0 Å². The lowest BCUT2D eigenvalue weighted by Gasteiger charge is -2.17. The number of aromatic nitrogens is 3. The van der Waals surface area contributed by atoms with Gasteiger partial charge in [-0.3, -0.25) is 9.89 Å². The summed E-state index contributed by atoms with van der Waals surface area (Å²) in [4.78, 5) is 15.7. The second-order valence-electron chi connectivity index (χ2n) is 4.87. The highest BCUT2D eigenvalue weighted by Crippen LogP contribution is 2.07. The first kappa shape index (κ1) is 12.6. The molecule has 16 heavy (non-hydrogen) atoms. The van der Waals surface area contributed by atoms with Crippen LogP contribution in [-0.2, 0) is 0 Å². The highest BCUT2D eigenvalue weighted by Gasteiger charge is 2.17. The first-order valence-corrected chi connectivity index (χ1v) is 5.29. The van der Waals surface area contributed by atoms with Crippen LogP contribution in [0.15, 0.2) is 0 Å². The molecular formula is C10H19N5O. The third kappa shape index (κ3) is 3.62. The number of carbonyl (C=O) groups excluding carboxylic acids is 1. The molecule has 90 valence electrons. The van der Waals surface area contributed by atoms with E-state index in [0.29, 0.717) is 12.4 Å². The van der Waals surface area contributed by atoms with Gasteiger partial charge in [0, 0.05) is 18.0 Å². The quantitative estimate of drug-likeness (QED) is 0.690. The SMILES string of the molecule is CC(C)c1nc(C(=O)NCC(C)(C)N)n[nH]1. The molecule has 0 aliphatic heterocycles. The molecule has 0 aromatic carbocycles. The molecule has 0 saturated heterocycles. The lowest BCUT2D eigenvalue weighted by molar-refractivity contribution is 0.0936. The number of nitrogens with one attached hydrogen (secondary N) is 2. The molecule has 0 unspecified atom stereocenters. The Hall–Kier alpha value is -1.43. The molecule has 4 N–H and O–H groups in total. The fourth-order valence-electron chi connectivity index (χ4n) is 1.02. The smallest absolute Gasteiger partial charge is 0.291 e. The largest absolute Gasteiger partial charge is 0.347 e. The molecule has 6 nitrogen and oxygen atoms in total. The van der Waals surface area contributed by atoms with Crippen LogP contribution in [0.4, 0.5) is 0 Å². The molecule has 1 aromatic rings. The van der Waals surface area contributed by atoms with Crippen molar-refractivity contribution in [3.63, 3.8) is 0 Å². The summed E-state index contributed by atoms with van der Waals surface area (Å²) in [5.74, 6) is 0.784. The molecular weight excluding hydrogens is 206 g/mol. The van der Waals surface area contributed by atoms with Crippen molar-refractivity contribution in [3.05, 3.63) is 11.6 Å². The predicted octanol–water partition coefficient (Wildman–Crippen LogP) is 0.395. The zero-order chi connectivity index (χ0) is 12.3. The molecule has 1 rings (SSSR count). The maximum atomic E-state index is 11.6. The van der Waals surface area contributed by atoms with Crippen molar-refractivity contribution < 1.29 is 4.79 Å². The standard InChI is InChI=1S/C10H19N5O/c1-6(2)7-13-8(15-14-7)9(16)12-5-10(3,4)11/h6H,5,11H2,1-4H3,(H,12,16)(H,13,14,15). The Bertz CT molecular complexity index is 364. The fraction of sp³-hybridized carbons (Fsp3) is 0.700. The summed E-state index contributed by atoms with van der Waals surface area (Å²) in [6.45, 7) is 8.02. The van der Waals surface area contributed by atoms with E-state index in [1.807, 2.05) is 27.7 Å². The van der Waals surface area contributed by atoms with Crippen LogP contribution in [0.2, 0.25) is 0 Å². The second kappa shape index (κ2) is 4.61. The van der Waals surface area contributed by atoms with Gasteiger partial charge in [0.1, 0.15) is 5.82 Å². The molecule has 1 aromatic heterocycles. The summed E-state index contributed by atoms with van der Waals surface area (Å²) >= 11 is 0. The van der Waals surface area contributed by atoms with Crippen LogP contribution in [-0.4, -0.2) is 33.2 Å². The van der Waals surface area contributed by atoms with Crippen LogP contribution in [0.3, 0.4) is 0 Å². The van der Waals surface area contributed by atoms with Gasteiger partial charge in [-0.2, -0.15) is 0 Å². The molecule has 0 spiro atoms. The Morgan fingerprint density at radius 3 is 2.62 bits per heavy atom.